The van der Waals surface area contributed by atoms with Gasteiger partial charge in [-0.1, -0.05) is 13.0 Å². The van der Waals surface area contributed by atoms with Crippen molar-refractivity contribution in [2.75, 3.05) is 13.2 Å². The van der Waals surface area contributed by atoms with Crippen LogP contribution in [0.1, 0.15) is 36.9 Å². The molecule has 1 rings (SSSR count). The third-order valence-electron chi connectivity index (χ3n) is 2.25. The summed E-state index contributed by atoms with van der Waals surface area (Å²) in [4.78, 5) is 4.51. The number of thiazole rings is 1. The fourth-order valence-electron chi connectivity index (χ4n) is 1.37. The molecular formula is C13H22N2OS. The molecule has 0 amide bonds. The summed E-state index contributed by atoms with van der Waals surface area (Å²) in [5.41, 5.74) is 1.04. The van der Waals surface area contributed by atoms with Crippen LogP contribution in [0.5, 0.6) is 0 Å². The number of allylic oxidation sites excluding steroid dienone is 1. The van der Waals surface area contributed by atoms with Crippen LogP contribution >= 0.6 is 11.3 Å². The SMILES string of the molecule is C=CCCCOCc1csc(CNCCC)n1. The smallest absolute Gasteiger partial charge is 0.107 e. The molecule has 1 heterocycles. The summed E-state index contributed by atoms with van der Waals surface area (Å²) in [6, 6.07) is 0. The van der Waals surface area contributed by atoms with Crippen LogP contribution in [0, 0.1) is 0 Å². The number of ether oxygens (including phenoxy) is 1. The van der Waals surface area contributed by atoms with Crippen LogP contribution in [0.4, 0.5) is 0 Å². The van der Waals surface area contributed by atoms with Gasteiger partial charge in [0, 0.05) is 18.5 Å². The van der Waals surface area contributed by atoms with E-state index in [2.05, 4.69) is 29.2 Å². The number of aromatic nitrogens is 1. The zero-order valence-corrected chi connectivity index (χ0v) is 11.4. The van der Waals surface area contributed by atoms with E-state index in [1.54, 1.807) is 11.3 Å². The Bertz CT molecular complexity index is 312. The molecule has 17 heavy (non-hydrogen) atoms. The molecule has 1 N–H and O–H groups in total. The van der Waals surface area contributed by atoms with Crippen molar-refractivity contribution in [3.05, 3.63) is 28.7 Å². The summed E-state index contributed by atoms with van der Waals surface area (Å²) >= 11 is 1.70. The van der Waals surface area contributed by atoms with Crippen LogP contribution in [0.2, 0.25) is 0 Å². The van der Waals surface area contributed by atoms with E-state index in [0.717, 1.165) is 49.7 Å². The van der Waals surface area contributed by atoms with Crippen molar-refractivity contribution in [2.45, 2.75) is 39.3 Å². The second kappa shape index (κ2) is 9.33. The molecule has 0 saturated heterocycles. The first kappa shape index (κ1) is 14.4. The highest BCUT2D eigenvalue weighted by atomic mass is 32.1. The highest BCUT2D eigenvalue weighted by Gasteiger charge is 2.01. The molecule has 0 radical (unpaired) electrons. The molecular weight excluding hydrogens is 232 g/mol. The molecule has 4 heteroatoms. The average molecular weight is 254 g/mol. The molecule has 0 spiro atoms. The topological polar surface area (TPSA) is 34.1 Å². The third-order valence-corrected chi connectivity index (χ3v) is 3.15. The van der Waals surface area contributed by atoms with E-state index >= 15 is 0 Å². The minimum Gasteiger partial charge on any atom is -0.375 e. The van der Waals surface area contributed by atoms with Gasteiger partial charge in [0.2, 0.25) is 0 Å². The Kier molecular flexibility index (Phi) is 7.88. The molecule has 96 valence electrons. The number of nitrogens with zero attached hydrogens (tertiary/aromatic N) is 1. The van der Waals surface area contributed by atoms with Gasteiger partial charge in [-0.15, -0.1) is 17.9 Å². The van der Waals surface area contributed by atoms with E-state index in [1.807, 2.05) is 6.08 Å². The lowest BCUT2D eigenvalue weighted by Crippen LogP contribution is -2.13. The number of unbranched alkanes of at least 4 members (excludes halogenated alkanes) is 1. The Morgan fingerprint density at radius 1 is 1.59 bits per heavy atom. The van der Waals surface area contributed by atoms with Gasteiger partial charge in [-0.3, -0.25) is 0 Å². The molecule has 0 aliphatic rings. The number of hydrogen-bond acceptors (Lipinski definition) is 4. The van der Waals surface area contributed by atoms with Gasteiger partial charge < -0.3 is 10.1 Å². The van der Waals surface area contributed by atoms with E-state index in [1.165, 1.54) is 0 Å². The lowest BCUT2D eigenvalue weighted by Gasteiger charge is -2.00. The van der Waals surface area contributed by atoms with Crippen molar-refractivity contribution < 1.29 is 4.74 Å². The van der Waals surface area contributed by atoms with Gasteiger partial charge in [0.15, 0.2) is 0 Å². The van der Waals surface area contributed by atoms with Gasteiger partial charge in [-0.2, -0.15) is 0 Å². The van der Waals surface area contributed by atoms with Crippen molar-refractivity contribution in [1.29, 1.82) is 0 Å². The van der Waals surface area contributed by atoms with Crippen LogP contribution < -0.4 is 5.32 Å². The molecule has 0 saturated carbocycles. The van der Waals surface area contributed by atoms with Crippen LogP contribution in [0.25, 0.3) is 0 Å². The van der Waals surface area contributed by atoms with Gasteiger partial charge in [-0.05, 0) is 25.8 Å². The maximum atomic E-state index is 5.54. The Morgan fingerprint density at radius 2 is 2.47 bits per heavy atom. The number of nitrogens with one attached hydrogen (secondary N) is 1. The lowest BCUT2D eigenvalue weighted by atomic mass is 10.3. The highest BCUT2D eigenvalue weighted by Crippen LogP contribution is 2.10. The van der Waals surface area contributed by atoms with E-state index in [4.69, 9.17) is 4.74 Å². The van der Waals surface area contributed by atoms with Gasteiger partial charge in [0.1, 0.15) is 5.01 Å². The lowest BCUT2D eigenvalue weighted by molar-refractivity contribution is 0.117. The summed E-state index contributed by atoms with van der Waals surface area (Å²) < 4.78 is 5.54. The molecule has 0 atom stereocenters. The molecule has 0 aliphatic heterocycles. The molecule has 0 fully saturated rings. The Labute approximate surface area is 108 Å². The fraction of sp³-hybridized carbons (Fsp3) is 0.615. The monoisotopic (exact) mass is 254 g/mol. The van der Waals surface area contributed by atoms with Crippen LogP contribution in [0.3, 0.4) is 0 Å². The van der Waals surface area contributed by atoms with Gasteiger partial charge in [-0.25, -0.2) is 4.98 Å². The van der Waals surface area contributed by atoms with Gasteiger partial charge in [0.05, 0.1) is 12.3 Å². The van der Waals surface area contributed by atoms with E-state index in [-0.39, 0.29) is 0 Å². The first-order chi connectivity index (χ1) is 8.36. The molecule has 1 aromatic rings. The normalized spacial score (nSPS) is 10.6. The first-order valence-electron chi connectivity index (χ1n) is 6.19. The number of rotatable bonds is 10. The molecule has 3 nitrogen and oxygen atoms in total. The molecule has 0 bridgehead atoms. The van der Waals surface area contributed by atoms with Crippen LogP contribution in [-0.2, 0) is 17.9 Å². The quantitative estimate of drug-likeness (QED) is 0.514. The van der Waals surface area contributed by atoms with Crippen LogP contribution in [0.15, 0.2) is 18.0 Å². The minimum absolute atomic E-state index is 0.626. The van der Waals surface area contributed by atoms with Crippen molar-refractivity contribution in [3.63, 3.8) is 0 Å². The summed E-state index contributed by atoms with van der Waals surface area (Å²) in [5.74, 6) is 0. The minimum atomic E-state index is 0.626. The third kappa shape index (κ3) is 6.56. The molecule has 0 aliphatic carbocycles. The Hall–Kier alpha value is -0.710. The predicted octanol–water partition coefficient (Wildman–Crippen LogP) is 3.13. The van der Waals surface area contributed by atoms with Crippen molar-refractivity contribution in [1.82, 2.24) is 10.3 Å². The molecule has 0 unspecified atom stereocenters. The van der Waals surface area contributed by atoms with Gasteiger partial charge in [0.25, 0.3) is 0 Å². The van der Waals surface area contributed by atoms with Crippen molar-refractivity contribution >= 4 is 11.3 Å². The Balaban J connectivity index is 2.14. The largest absolute Gasteiger partial charge is 0.375 e. The average Bonchev–Trinajstić information content (AvgIpc) is 2.77. The van der Waals surface area contributed by atoms with E-state index in [0.29, 0.717) is 6.61 Å². The Morgan fingerprint density at radius 3 is 3.24 bits per heavy atom. The summed E-state index contributed by atoms with van der Waals surface area (Å²) in [6.07, 6.45) is 5.14. The van der Waals surface area contributed by atoms with E-state index in [9.17, 15) is 0 Å². The second-order valence-corrected chi connectivity index (χ2v) is 4.84. The maximum absolute atomic E-state index is 5.54. The van der Waals surface area contributed by atoms with Crippen molar-refractivity contribution in [2.24, 2.45) is 0 Å². The zero-order valence-electron chi connectivity index (χ0n) is 10.6. The summed E-state index contributed by atoms with van der Waals surface area (Å²) in [7, 11) is 0. The highest BCUT2D eigenvalue weighted by molar-refractivity contribution is 7.09. The fourth-order valence-corrected chi connectivity index (χ4v) is 2.12. The van der Waals surface area contributed by atoms with Gasteiger partial charge >= 0.3 is 0 Å². The maximum Gasteiger partial charge on any atom is 0.107 e. The number of hydrogen-bond donors (Lipinski definition) is 1. The zero-order chi connectivity index (χ0) is 12.3. The van der Waals surface area contributed by atoms with E-state index < -0.39 is 0 Å². The van der Waals surface area contributed by atoms with Crippen LogP contribution in [-0.4, -0.2) is 18.1 Å². The molecule has 1 aromatic heterocycles. The molecule has 0 aromatic carbocycles. The standard InChI is InChI=1S/C13H22N2OS/c1-3-5-6-8-16-10-12-11-17-13(15-12)9-14-7-4-2/h3,11,14H,1,4-10H2,2H3. The first-order valence-corrected chi connectivity index (χ1v) is 7.07. The summed E-state index contributed by atoms with van der Waals surface area (Å²) in [5, 5.41) is 6.57. The second-order valence-electron chi connectivity index (χ2n) is 3.89. The van der Waals surface area contributed by atoms with Crippen molar-refractivity contribution in [3.8, 4) is 0 Å². The summed E-state index contributed by atoms with van der Waals surface area (Å²) in [6.45, 7) is 9.18. The predicted molar refractivity (Wildman–Crippen MR) is 73.2 cm³/mol.